The van der Waals surface area contributed by atoms with Gasteiger partial charge in [0.2, 0.25) is 0 Å². The molecule has 2 aromatic rings. The van der Waals surface area contributed by atoms with E-state index < -0.39 is 0 Å². The molecule has 0 spiro atoms. The normalized spacial score (nSPS) is 12.6. The van der Waals surface area contributed by atoms with E-state index in [0.717, 1.165) is 13.0 Å². The predicted octanol–water partition coefficient (Wildman–Crippen LogP) is 5.22. The summed E-state index contributed by atoms with van der Waals surface area (Å²) in [6, 6.07) is 9.24. The van der Waals surface area contributed by atoms with Gasteiger partial charge in [0.05, 0.1) is 6.04 Å². The Balaban J connectivity index is 2.36. The Morgan fingerprint density at radius 1 is 1.26 bits per heavy atom. The number of hydrogen-bond acceptors (Lipinski definition) is 2. The topological polar surface area (TPSA) is 12.0 Å². The minimum Gasteiger partial charge on any atom is -0.306 e. The van der Waals surface area contributed by atoms with E-state index >= 15 is 0 Å². The highest BCUT2D eigenvalue weighted by Crippen LogP contribution is 2.31. The van der Waals surface area contributed by atoms with Crippen LogP contribution in [0, 0.1) is 13.8 Å². The van der Waals surface area contributed by atoms with Gasteiger partial charge in [0.15, 0.2) is 0 Å². The van der Waals surface area contributed by atoms with Crippen LogP contribution in [-0.4, -0.2) is 6.54 Å². The second kappa shape index (κ2) is 6.69. The third kappa shape index (κ3) is 3.68. The SMILES string of the molecule is CCCNC(c1cc(Br)cs1)c1ccc(C)cc1C. The fourth-order valence-corrected chi connectivity index (χ4v) is 3.82. The van der Waals surface area contributed by atoms with E-state index in [1.165, 1.54) is 26.0 Å². The minimum absolute atomic E-state index is 0.303. The van der Waals surface area contributed by atoms with Gasteiger partial charge in [-0.3, -0.25) is 0 Å². The van der Waals surface area contributed by atoms with Crippen molar-refractivity contribution in [3.8, 4) is 0 Å². The zero-order valence-electron chi connectivity index (χ0n) is 11.7. The second-order valence-electron chi connectivity index (χ2n) is 4.91. The highest BCUT2D eigenvalue weighted by molar-refractivity contribution is 9.10. The number of nitrogens with one attached hydrogen (secondary N) is 1. The molecule has 0 fully saturated rings. The Kier molecular flexibility index (Phi) is 5.20. The van der Waals surface area contributed by atoms with E-state index in [0.29, 0.717) is 6.04 Å². The molecule has 0 saturated heterocycles. The van der Waals surface area contributed by atoms with Gasteiger partial charge in [-0.05, 0) is 59.9 Å². The highest BCUT2D eigenvalue weighted by Gasteiger charge is 2.17. The first-order valence-electron chi connectivity index (χ1n) is 6.66. The molecule has 1 unspecified atom stereocenters. The fraction of sp³-hybridized carbons (Fsp3) is 0.375. The first-order valence-corrected chi connectivity index (χ1v) is 8.33. The van der Waals surface area contributed by atoms with Gasteiger partial charge in [0.25, 0.3) is 0 Å². The van der Waals surface area contributed by atoms with Crippen LogP contribution in [0.4, 0.5) is 0 Å². The van der Waals surface area contributed by atoms with Crippen molar-refractivity contribution in [3.63, 3.8) is 0 Å². The van der Waals surface area contributed by atoms with Crippen LogP contribution >= 0.6 is 27.3 Å². The lowest BCUT2D eigenvalue weighted by molar-refractivity contribution is 0.603. The van der Waals surface area contributed by atoms with Gasteiger partial charge in [-0.15, -0.1) is 11.3 Å². The summed E-state index contributed by atoms with van der Waals surface area (Å²) in [5, 5.41) is 5.82. The van der Waals surface area contributed by atoms with Crippen LogP contribution < -0.4 is 5.32 Å². The highest BCUT2D eigenvalue weighted by atomic mass is 79.9. The molecule has 0 aliphatic rings. The van der Waals surface area contributed by atoms with Crippen LogP contribution in [0.15, 0.2) is 34.1 Å². The van der Waals surface area contributed by atoms with Crippen LogP contribution in [0.2, 0.25) is 0 Å². The molecule has 0 aliphatic carbocycles. The largest absolute Gasteiger partial charge is 0.306 e. The van der Waals surface area contributed by atoms with Gasteiger partial charge in [0.1, 0.15) is 0 Å². The fourth-order valence-electron chi connectivity index (χ4n) is 2.28. The molecule has 0 saturated carbocycles. The summed E-state index contributed by atoms with van der Waals surface area (Å²) < 4.78 is 1.17. The summed E-state index contributed by atoms with van der Waals surface area (Å²) in [7, 11) is 0. The van der Waals surface area contributed by atoms with Crippen LogP contribution in [0.3, 0.4) is 0 Å². The molecule has 0 radical (unpaired) electrons. The van der Waals surface area contributed by atoms with Crippen molar-refractivity contribution in [1.29, 1.82) is 0 Å². The van der Waals surface area contributed by atoms with Crippen LogP contribution in [0.25, 0.3) is 0 Å². The van der Waals surface area contributed by atoms with Gasteiger partial charge in [-0.2, -0.15) is 0 Å². The quantitative estimate of drug-likeness (QED) is 0.788. The third-order valence-corrected chi connectivity index (χ3v) is 4.97. The summed E-state index contributed by atoms with van der Waals surface area (Å²) in [6.07, 6.45) is 1.15. The van der Waals surface area contributed by atoms with Gasteiger partial charge in [-0.1, -0.05) is 30.7 Å². The minimum atomic E-state index is 0.303. The molecule has 0 aliphatic heterocycles. The van der Waals surface area contributed by atoms with E-state index in [9.17, 15) is 0 Å². The lowest BCUT2D eigenvalue weighted by Gasteiger charge is -2.20. The van der Waals surface area contributed by atoms with Crippen LogP contribution in [-0.2, 0) is 0 Å². The number of benzene rings is 1. The van der Waals surface area contributed by atoms with Crippen molar-refractivity contribution in [2.45, 2.75) is 33.2 Å². The average Bonchev–Trinajstić information content (AvgIpc) is 2.78. The van der Waals surface area contributed by atoms with Crippen molar-refractivity contribution < 1.29 is 0 Å². The van der Waals surface area contributed by atoms with Gasteiger partial charge in [0, 0.05) is 14.7 Å². The Labute approximate surface area is 128 Å². The average molecular weight is 338 g/mol. The molecule has 1 N–H and O–H groups in total. The lowest BCUT2D eigenvalue weighted by Crippen LogP contribution is -2.23. The number of rotatable bonds is 5. The Morgan fingerprint density at radius 3 is 2.63 bits per heavy atom. The molecule has 1 heterocycles. The lowest BCUT2D eigenvalue weighted by atomic mass is 9.98. The first kappa shape index (κ1) is 14.8. The molecule has 0 amide bonds. The van der Waals surface area contributed by atoms with E-state index in [1.807, 2.05) is 0 Å². The molecule has 3 heteroatoms. The molecular weight excluding hydrogens is 318 g/mol. The summed E-state index contributed by atoms with van der Waals surface area (Å²) >= 11 is 5.36. The molecule has 0 bridgehead atoms. The Bertz CT molecular complexity index is 547. The molecule has 1 aromatic carbocycles. The Morgan fingerprint density at radius 2 is 2.05 bits per heavy atom. The van der Waals surface area contributed by atoms with Gasteiger partial charge >= 0.3 is 0 Å². The van der Waals surface area contributed by atoms with E-state index in [-0.39, 0.29) is 0 Å². The van der Waals surface area contributed by atoms with E-state index in [4.69, 9.17) is 0 Å². The van der Waals surface area contributed by atoms with Crippen LogP contribution in [0.1, 0.15) is 41.0 Å². The van der Waals surface area contributed by atoms with E-state index in [2.05, 4.69) is 71.7 Å². The predicted molar refractivity (Wildman–Crippen MR) is 88.1 cm³/mol. The monoisotopic (exact) mass is 337 g/mol. The molecule has 1 nitrogen and oxygen atoms in total. The molecule has 1 atom stereocenters. The number of halogens is 1. The van der Waals surface area contributed by atoms with Crippen molar-refractivity contribution in [1.82, 2.24) is 5.32 Å². The maximum absolute atomic E-state index is 3.67. The molecule has 102 valence electrons. The standard InChI is InChI=1S/C16H20BrNS/c1-4-7-18-16(15-9-13(17)10-19-15)14-6-5-11(2)8-12(14)3/h5-6,8-10,16,18H,4,7H2,1-3H3. The third-order valence-electron chi connectivity index (χ3n) is 3.21. The maximum Gasteiger partial charge on any atom is 0.0674 e. The second-order valence-corrected chi connectivity index (χ2v) is 6.77. The summed E-state index contributed by atoms with van der Waals surface area (Å²) in [5.74, 6) is 0. The van der Waals surface area contributed by atoms with Crippen LogP contribution in [0.5, 0.6) is 0 Å². The van der Waals surface area contributed by atoms with Crippen molar-refractivity contribution in [2.24, 2.45) is 0 Å². The summed E-state index contributed by atoms with van der Waals surface area (Å²) in [4.78, 5) is 1.37. The van der Waals surface area contributed by atoms with E-state index in [1.54, 1.807) is 11.3 Å². The smallest absolute Gasteiger partial charge is 0.0674 e. The maximum atomic E-state index is 3.67. The Hall–Kier alpha value is -0.640. The van der Waals surface area contributed by atoms with Gasteiger partial charge in [-0.25, -0.2) is 0 Å². The zero-order chi connectivity index (χ0) is 13.8. The van der Waals surface area contributed by atoms with Crippen molar-refractivity contribution in [3.05, 3.63) is 55.7 Å². The summed E-state index contributed by atoms with van der Waals surface area (Å²) in [5.41, 5.74) is 4.06. The first-order chi connectivity index (χ1) is 9.11. The zero-order valence-corrected chi connectivity index (χ0v) is 14.1. The molecule has 19 heavy (non-hydrogen) atoms. The van der Waals surface area contributed by atoms with Crippen molar-refractivity contribution >= 4 is 27.3 Å². The number of aryl methyl sites for hydroxylation is 2. The molecular formula is C16H20BrNS. The number of hydrogen-bond donors (Lipinski definition) is 1. The molecule has 1 aromatic heterocycles. The van der Waals surface area contributed by atoms with Crippen molar-refractivity contribution in [2.75, 3.05) is 6.54 Å². The van der Waals surface area contributed by atoms with Gasteiger partial charge < -0.3 is 5.32 Å². The number of thiophene rings is 1. The summed E-state index contributed by atoms with van der Waals surface area (Å²) in [6.45, 7) is 7.59. The molecule has 2 rings (SSSR count).